The molecule has 0 radical (unpaired) electrons. The van der Waals surface area contributed by atoms with E-state index in [0.29, 0.717) is 33.6 Å². The van der Waals surface area contributed by atoms with E-state index in [1.54, 1.807) is 16.9 Å². The molecule has 0 amide bonds. The van der Waals surface area contributed by atoms with E-state index in [0.717, 1.165) is 23.8 Å². The average Bonchev–Trinajstić information content (AvgIpc) is 3.47. The maximum atomic E-state index is 13.9. The Labute approximate surface area is 188 Å². The fourth-order valence-corrected chi connectivity index (χ4v) is 4.99. The molecular weight excluding hydrogens is 439 g/mol. The van der Waals surface area contributed by atoms with E-state index in [1.807, 2.05) is 0 Å². The average molecular weight is 466 g/mol. The summed E-state index contributed by atoms with van der Waals surface area (Å²) in [5.41, 5.74) is 5.81. The molecule has 0 saturated heterocycles. The van der Waals surface area contributed by atoms with Gasteiger partial charge >= 0.3 is 6.18 Å². The Hall–Kier alpha value is -2.30. The third-order valence-electron chi connectivity index (χ3n) is 5.96. The molecule has 1 unspecified atom stereocenters. The highest BCUT2D eigenvalue weighted by Crippen LogP contribution is 2.40. The van der Waals surface area contributed by atoms with Crippen LogP contribution >= 0.6 is 11.3 Å². The first-order chi connectivity index (χ1) is 15.3. The Morgan fingerprint density at radius 2 is 1.94 bits per heavy atom. The van der Waals surface area contributed by atoms with Crippen molar-refractivity contribution in [3.05, 3.63) is 41.2 Å². The molecule has 1 fully saturated rings. The molecule has 3 aromatic rings. The minimum Gasteiger partial charge on any atom is -0.394 e. The summed E-state index contributed by atoms with van der Waals surface area (Å²) in [7, 11) is 0. The molecule has 1 aliphatic rings. The van der Waals surface area contributed by atoms with Gasteiger partial charge in [-0.05, 0) is 24.0 Å². The van der Waals surface area contributed by atoms with E-state index in [4.69, 9.17) is 10.8 Å². The van der Waals surface area contributed by atoms with E-state index in [1.165, 1.54) is 44.4 Å². The molecule has 3 N–H and O–H groups in total. The van der Waals surface area contributed by atoms with Crippen LogP contribution in [0.2, 0.25) is 0 Å². The summed E-state index contributed by atoms with van der Waals surface area (Å²) in [4.78, 5) is 0. The fourth-order valence-electron chi connectivity index (χ4n) is 4.16. The van der Waals surface area contributed by atoms with Crippen molar-refractivity contribution in [2.45, 2.75) is 57.3 Å². The fraction of sp³-hybridized carbons (Fsp3) is 0.500. The second-order valence-electron chi connectivity index (χ2n) is 8.28. The van der Waals surface area contributed by atoms with E-state index in [2.05, 4.69) is 15.3 Å². The zero-order chi connectivity index (χ0) is 22.7. The van der Waals surface area contributed by atoms with Gasteiger partial charge in [0.05, 0.1) is 24.4 Å². The van der Waals surface area contributed by atoms with E-state index >= 15 is 0 Å². The second-order valence-corrected chi connectivity index (χ2v) is 9.29. The number of aryl methyl sites for hydroxylation is 1. The van der Waals surface area contributed by atoms with E-state index < -0.39 is 17.8 Å². The van der Waals surface area contributed by atoms with Gasteiger partial charge in [0.1, 0.15) is 10.0 Å². The third-order valence-corrected chi connectivity index (χ3v) is 7.07. The van der Waals surface area contributed by atoms with Crippen LogP contribution in [0.15, 0.2) is 30.6 Å². The number of benzene rings is 1. The van der Waals surface area contributed by atoms with Crippen molar-refractivity contribution in [1.29, 1.82) is 0 Å². The summed E-state index contributed by atoms with van der Waals surface area (Å²) >= 11 is 1.07. The topological polar surface area (TPSA) is 89.8 Å². The highest BCUT2D eigenvalue weighted by Gasteiger charge is 2.34. The van der Waals surface area contributed by atoms with Gasteiger partial charge in [-0.15, -0.1) is 10.2 Å². The molecule has 172 valence electrons. The van der Waals surface area contributed by atoms with Crippen LogP contribution in [0.4, 0.5) is 13.2 Å². The normalized spacial score (nSPS) is 16.4. The number of halogens is 3. The zero-order valence-electron chi connectivity index (χ0n) is 17.6. The molecule has 6 nitrogen and oxygen atoms in total. The van der Waals surface area contributed by atoms with E-state index in [9.17, 15) is 13.2 Å². The van der Waals surface area contributed by atoms with Crippen LogP contribution in [0.1, 0.15) is 55.1 Å². The molecule has 0 aliphatic heterocycles. The summed E-state index contributed by atoms with van der Waals surface area (Å²) in [5.74, 6) is 0.678. The Kier molecular flexibility index (Phi) is 6.92. The van der Waals surface area contributed by atoms with Gasteiger partial charge in [0.15, 0.2) is 0 Å². The molecule has 1 atom stereocenters. The SMILES string of the molecule is NC(CO)c1nnc(-c2ccc(-c3cnn(CCC4CCCCC4)c3)c(C(F)(F)F)c2)s1. The van der Waals surface area contributed by atoms with Gasteiger partial charge in [-0.1, -0.05) is 55.6 Å². The van der Waals surface area contributed by atoms with Gasteiger partial charge in [-0.2, -0.15) is 18.3 Å². The number of aromatic nitrogens is 4. The summed E-state index contributed by atoms with van der Waals surface area (Å²) in [6, 6.07) is 3.43. The molecule has 0 spiro atoms. The quantitative estimate of drug-likeness (QED) is 0.510. The number of hydrogen-bond donors (Lipinski definition) is 2. The molecule has 1 aliphatic carbocycles. The maximum Gasteiger partial charge on any atom is 0.417 e. The molecule has 1 aromatic carbocycles. The number of nitrogens with zero attached hydrogens (tertiary/aromatic N) is 4. The lowest BCUT2D eigenvalue weighted by Gasteiger charge is -2.21. The van der Waals surface area contributed by atoms with E-state index in [-0.39, 0.29) is 12.2 Å². The molecule has 10 heteroatoms. The van der Waals surface area contributed by atoms with Crippen molar-refractivity contribution in [2.24, 2.45) is 11.7 Å². The van der Waals surface area contributed by atoms with Crippen LogP contribution in [0.5, 0.6) is 0 Å². The summed E-state index contributed by atoms with van der Waals surface area (Å²) in [5, 5.41) is 22.0. The monoisotopic (exact) mass is 465 g/mol. The zero-order valence-corrected chi connectivity index (χ0v) is 18.4. The van der Waals surface area contributed by atoms with Crippen molar-refractivity contribution in [3.63, 3.8) is 0 Å². The summed E-state index contributed by atoms with van der Waals surface area (Å²) in [6.07, 6.45) is 5.92. The van der Waals surface area contributed by atoms with Crippen molar-refractivity contribution >= 4 is 11.3 Å². The predicted octanol–water partition coefficient (Wildman–Crippen LogP) is 5.05. The Balaban J connectivity index is 1.57. The van der Waals surface area contributed by atoms with Crippen molar-refractivity contribution in [3.8, 4) is 21.7 Å². The lowest BCUT2D eigenvalue weighted by atomic mass is 9.87. The van der Waals surface area contributed by atoms with Crippen molar-refractivity contribution in [2.75, 3.05) is 6.61 Å². The van der Waals surface area contributed by atoms with Crippen LogP contribution in [-0.2, 0) is 12.7 Å². The molecule has 32 heavy (non-hydrogen) atoms. The van der Waals surface area contributed by atoms with Crippen LogP contribution in [0, 0.1) is 5.92 Å². The molecule has 0 bridgehead atoms. The maximum absolute atomic E-state index is 13.9. The van der Waals surface area contributed by atoms with Gasteiger partial charge < -0.3 is 10.8 Å². The molecule has 2 heterocycles. The Morgan fingerprint density at radius 1 is 1.16 bits per heavy atom. The van der Waals surface area contributed by atoms with Crippen LogP contribution in [0.25, 0.3) is 21.7 Å². The molecule has 2 aromatic heterocycles. The van der Waals surface area contributed by atoms with Crippen LogP contribution < -0.4 is 5.73 Å². The summed E-state index contributed by atoms with van der Waals surface area (Å²) in [6.45, 7) is 0.398. The van der Waals surface area contributed by atoms with Crippen molar-refractivity contribution < 1.29 is 18.3 Å². The highest BCUT2D eigenvalue weighted by molar-refractivity contribution is 7.14. The second kappa shape index (κ2) is 9.68. The minimum atomic E-state index is -4.54. The lowest BCUT2D eigenvalue weighted by Crippen LogP contribution is -2.13. The Bertz CT molecular complexity index is 1040. The third kappa shape index (κ3) is 5.19. The van der Waals surface area contributed by atoms with Crippen LogP contribution in [0.3, 0.4) is 0 Å². The number of nitrogens with two attached hydrogens (primary N) is 1. The lowest BCUT2D eigenvalue weighted by molar-refractivity contribution is -0.137. The van der Waals surface area contributed by atoms with Gasteiger partial charge in [-0.3, -0.25) is 4.68 Å². The van der Waals surface area contributed by atoms with Gasteiger partial charge in [0, 0.05) is 23.9 Å². The number of aliphatic hydroxyl groups excluding tert-OH is 1. The van der Waals surface area contributed by atoms with Crippen molar-refractivity contribution in [1.82, 2.24) is 20.0 Å². The van der Waals surface area contributed by atoms with Gasteiger partial charge in [-0.25, -0.2) is 0 Å². The van der Waals surface area contributed by atoms with Gasteiger partial charge in [0.2, 0.25) is 0 Å². The largest absolute Gasteiger partial charge is 0.417 e. The minimum absolute atomic E-state index is 0.0852. The number of hydrogen-bond acceptors (Lipinski definition) is 6. The Morgan fingerprint density at radius 3 is 2.66 bits per heavy atom. The molecule has 1 saturated carbocycles. The smallest absolute Gasteiger partial charge is 0.394 e. The highest BCUT2D eigenvalue weighted by atomic mass is 32.1. The summed E-state index contributed by atoms with van der Waals surface area (Å²) < 4.78 is 43.4. The number of rotatable bonds is 7. The first-order valence-electron chi connectivity index (χ1n) is 10.8. The number of aliphatic hydroxyl groups is 1. The first kappa shape index (κ1) is 22.9. The first-order valence-corrected chi connectivity index (χ1v) is 11.6. The van der Waals surface area contributed by atoms with Crippen LogP contribution in [-0.4, -0.2) is 31.7 Å². The van der Waals surface area contributed by atoms with Gasteiger partial charge in [0.25, 0.3) is 0 Å². The molecular formula is C22H26F3N5OS. The standard InChI is InChI=1S/C22H26F3N5OS/c23-22(24,25)18-10-15(20-28-29-21(32-20)19(26)13-31)6-7-17(18)16-11-27-30(12-16)9-8-14-4-2-1-3-5-14/h6-7,10-12,14,19,31H,1-5,8-9,13,26H2. The number of alkyl halides is 3. The predicted molar refractivity (Wildman–Crippen MR) is 117 cm³/mol. The molecule has 4 rings (SSSR count).